The van der Waals surface area contributed by atoms with Crippen molar-refractivity contribution in [3.63, 3.8) is 0 Å². The van der Waals surface area contributed by atoms with E-state index in [0.717, 1.165) is 31.7 Å². The lowest BCUT2D eigenvalue weighted by atomic mass is 10.1. The number of nitrogens with zero attached hydrogens (tertiary/aromatic N) is 1. The summed E-state index contributed by atoms with van der Waals surface area (Å²) in [5, 5.41) is 12.3. The van der Waals surface area contributed by atoms with Crippen LogP contribution in [0.2, 0.25) is 0 Å². The molecular weight excluding hydrogens is 388 g/mol. The number of hydrogen-bond acceptors (Lipinski definition) is 8. The Hall–Kier alpha value is -1.26. The quantitative estimate of drug-likeness (QED) is 0.356. The molecule has 0 radical (unpaired) electrons. The van der Waals surface area contributed by atoms with E-state index in [2.05, 4.69) is 22.3 Å². The maximum atomic E-state index is 8.84. The first-order valence-corrected chi connectivity index (χ1v) is 10.8. The summed E-state index contributed by atoms with van der Waals surface area (Å²) in [7, 11) is 3.66. The van der Waals surface area contributed by atoms with Gasteiger partial charge in [-0.05, 0) is 31.2 Å². The highest BCUT2D eigenvalue weighted by Crippen LogP contribution is 2.19. The molecule has 8 heteroatoms. The van der Waals surface area contributed by atoms with E-state index >= 15 is 0 Å². The third-order valence-electron chi connectivity index (χ3n) is 5.05. The minimum Gasteiger partial charge on any atom is -0.491 e. The molecule has 30 heavy (non-hydrogen) atoms. The number of likely N-dealkylation sites (N-methyl/N-ethyl adjacent to an activating group) is 1. The number of benzene rings is 1. The van der Waals surface area contributed by atoms with E-state index in [-0.39, 0.29) is 18.9 Å². The van der Waals surface area contributed by atoms with Crippen molar-refractivity contribution in [3.8, 4) is 5.75 Å². The normalized spacial score (nSPS) is 18.0. The van der Waals surface area contributed by atoms with Gasteiger partial charge >= 0.3 is 0 Å². The summed E-state index contributed by atoms with van der Waals surface area (Å²) in [6, 6.07) is 8.07. The van der Waals surface area contributed by atoms with Gasteiger partial charge in [-0.3, -0.25) is 4.90 Å². The van der Waals surface area contributed by atoms with Gasteiger partial charge in [-0.1, -0.05) is 12.1 Å². The second-order valence-electron chi connectivity index (χ2n) is 7.22. The molecule has 172 valence electrons. The zero-order valence-corrected chi connectivity index (χ0v) is 18.4. The summed E-state index contributed by atoms with van der Waals surface area (Å²) in [6.07, 6.45) is 2.46. The van der Waals surface area contributed by atoms with Crippen LogP contribution in [0.3, 0.4) is 0 Å². The van der Waals surface area contributed by atoms with Crippen molar-refractivity contribution in [1.82, 2.24) is 10.2 Å². The molecule has 0 unspecified atom stereocenters. The minimum atomic E-state index is 0.0250. The summed E-state index contributed by atoms with van der Waals surface area (Å²) in [5.74, 6) is 0.784. The average molecular weight is 427 g/mol. The molecule has 0 aliphatic carbocycles. The van der Waals surface area contributed by atoms with Crippen LogP contribution in [0, 0.1) is 0 Å². The van der Waals surface area contributed by atoms with Crippen LogP contribution in [-0.4, -0.2) is 102 Å². The lowest BCUT2D eigenvalue weighted by molar-refractivity contribution is -0.0147. The first-order chi connectivity index (χ1) is 14.8. The Morgan fingerprint density at radius 1 is 1.03 bits per heavy atom. The van der Waals surface area contributed by atoms with Gasteiger partial charge in [0.05, 0.1) is 58.5 Å². The van der Waals surface area contributed by atoms with Crippen molar-refractivity contribution >= 4 is 0 Å². The van der Waals surface area contributed by atoms with Crippen LogP contribution in [0.15, 0.2) is 24.3 Å². The third-order valence-corrected chi connectivity index (χ3v) is 5.05. The SMILES string of the molecule is CN[C@H](Cc1ccc(OCCO)cc1)N1CC[C@H](OCCOCCOCCOC)C1. The fourth-order valence-corrected chi connectivity index (χ4v) is 3.43. The molecule has 0 saturated carbocycles. The monoisotopic (exact) mass is 426 g/mol. The van der Waals surface area contributed by atoms with Gasteiger partial charge in [0, 0.05) is 26.6 Å². The summed E-state index contributed by atoms with van der Waals surface area (Å²) < 4.78 is 27.2. The Kier molecular flexibility index (Phi) is 12.9. The molecule has 1 aromatic rings. The molecule has 2 atom stereocenters. The number of aliphatic hydroxyl groups excluding tert-OH is 1. The highest BCUT2D eigenvalue weighted by Gasteiger charge is 2.28. The smallest absolute Gasteiger partial charge is 0.119 e. The Labute approximate surface area is 180 Å². The zero-order valence-electron chi connectivity index (χ0n) is 18.4. The number of aliphatic hydroxyl groups is 1. The van der Waals surface area contributed by atoms with Gasteiger partial charge in [0.1, 0.15) is 12.4 Å². The number of rotatable bonds is 17. The van der Waals surface area contributed by atoms with Crippen molar-refractivity contribution in [1.29, 1.82) is 0 Å². The van der Waals surface area contributed by atoms with Crippen molar-refractivity contribution in [2.24, 2.45) is 0 Å². The number of hydrogen-bond donors (Lipinski definition) is 2. The van der Waals surface area contributed by atoms with Gasteiger partial charge in [0.2, 0.25) is 0 Å². The maximum Gasteiger partial charge on any atom is 0.119 e. The second kappa shape index (κ2) is 15.5. The van der Waals surface area contributed by atoms with E-state index < -0.39 is 0 Å². The van der Waals surface area contributed by atoms with Crippen molar-refractivity contribution in [2.45, 2.75) is 25.1 Å². The fraction of sp³-hybridized carbons (Fsp3) is 0.727. The molecule has 8 nitrogen and oxygen atoms in total. The molecule has 1 heterocycles. The molecule has 1 fully saturated rings. The van der Waals surface area contributed by atoms with Gasteiger partial charge in [-0.15, -0.1) is 0 Å². The summed E-state index contributed by atoms with van der Waals surface area (Å²) in [5.41, 5.74) is 1.25. The predicted octanol–water partition coefficient (Wildman–Crippen LogP) is 0.916. The molecule has 1 saturated heterocycles. The van der Waals surface area contributed by atoms with Gasteiger partial charge in [-0.25, -0.2) is 0 Å². The van der Waals surface area contributed by atoms with Gasteiger partial charge in [-0.2, -0.15) is 0 Å². The van der Waals surface area contributed by atoms with Crippen LogP contribution in [0.4, 0.5) is 0 Å². The summed E-state index contributed by atoms with van der Waals surface area (Å²) in [4.78, 5) is 2.44. The summed E-state index contributed by atoms with van der Waals surface area (Å²) >= 11 is 0. The maximum absolute atomic E-state index is 8.84. The van der Waals surface area contributed by atoms with E-state index in [0.29, 0.717) is 46.2 Å². The van der Waals surface area contributed by atoms with Crippen LogP contribution in [0.1, 0.15) is 12.0 Å². The van der Waals surface area contributed by atoms with E-state index in [1.165, 1.54) is 5.56 Å². The van der Waals surface area contributed by atoms with E-state index in [1.54, 1.807) is 7.11 Å². The molecular formula is C22H38N2O6. The first kappa shape index (κ1) is 25.0. The zero-order chi connectivity index (χ0) is 21.4. The van der Waals surface area contributed by atoms with Crippen molar-refractivity contribution in [2.75, 3.05) is 80.1 Å². The minimum absolute atomic E-state index is 0.0250. The molecule has 0 amide bonds. The largest absolute Gasteiger partial charge is 0.491 e. The average Bonchev–Trinajstić information content (AvgIpc) is 3.24. The molecule has 0 aromatic heterocycles. The third kappa shape index (κ3) is 9.70. The molecule has 0 bridgehead atoms. The van der Waals surface area contributed by atoms with Gasteiger partial charge in [0.25, 0.3) is 0 Å². The van der Waals surface area contributed by atoms with Gasteiger partial charge < -0.3 is 34.1 Å². The summed E-state index contributed by atoms with van der Waals surface area (Å²) in [6.45, 7) is 5.85. The number of ether oxygens (including phenoxy) is 5. The van der Waals surface area contributed by atoms with Crippen LogP contribution >= 0.6 is 0 Å². The van der Waals surface area contributed by atoms with E-state index in [9.17, 15) is 0 Å². The highest BCUT2D eigenvalue weighted by molar-refractivity contribution is 5.27. The topological polar surface area (TPSA) is 81.7 Å². The Morgan fingerprint density at radius 3 is 2.40 bits per heavy atom. The Balaban J connectivity index is 1.61. The van der Waals surface area contributed by atoms with Crippen LogP contribution in [0.25, 0.3) is 0 Å². The highest BCUT2D eigenvalue weighted by atomic mass is 16.6. The second-order valence-corrected chi connectivity index (χ2v) is 7.22. The first-order valence-electron chi connectivity index (χ1n) is 10.8. The number of likely N-dealkylation sites (tertiary alicyclic amines) is 1. The molecule has 1 aromatic carbocycles. The fourth-order valence-electron chi connectivity index (χ4n) is 3.43. The molecule has 1 aliphatic heterocycles. The Bertz CT molecular complexity index is 545. The Morgan fingerprint density at radius 2 is 1.73 bits per heavy atom. The van der Waals surface area contributed by atoms with E-state index in [1.807, 2.05) is 19.2 Å². The number of nitrogens with one attached hydrogen (secondary N) is 1. The van der Waals surface area contributed by atoms with Crippen molar-refractivity contribution in [3.05, 3.63) is 29.8 Å². The van der Waals surface area contributed by atoms with Crippen LogP contribution < -0.4 is 10.1 Å². The predicted molar refractivity (Wildman–Crippen MR) is 115 cm³/mol. The molecule has 1 aliphatic rings. The molecule has 0 spiro atoms. The van der Waals surface area contributed by atoms with E-state index in [4.69, 9.17) is 28.8 Å². The lowest BCUT2D eigenvalue weighted by Gasteiger charge is -2.27. The number of methoxy groups -OCH3 is 1. The standard InChI is InChI=1S/C22H38N2O6/c1-23-22(17-19-3-5-20(6-4-19)29-10-9-25)24-8-7-21(18-24)30-16-15-28-14-13-27-12-11-26-2/h3-6,21-23,25H,7-18H2,1-2H3/t21-,22-/m0/s1. The van der Waals surface area contributed by atoms with Crippen LogP contribution in [-0.2, 0) is 25.4 Å². The molecule has 2 rings (SSSR count). The van der Waals surface area contributed by atoms with Crippen molar-refractivity contribution < 1.29 is 28.8 Å². The van der Waals surface area contributed by atoms with Crippen LogP contribution in [0.5, 0.6) is 5.75 Å². The lowest BCUT2D eigenvalue weighted by Crippen LogP contribution is -2.44. The molecule has 2 N–H and O–H groups in total. The van der Waals surface area contributed by atoms with Gasteiger partial charge in [0.15, 0.2) is 0 Å².